The van der Waals surface area contributed by atoms with Crippen molar-refractivity contribution in [1.29, 1.82) is 0 Å². The number of carbonyl (C=O) groups is 2. The second-order valence-electron chi connectivity index (χ2n) is 7.40. The first-order valence-electron chi connectivity index (χ1n) is 9.78. The highest BCUT2D eigenvalue weighted by Gasteiger charge is 2.62. The molecular weight excluding hydrogens is 457 g/mol. The van der Waals surface area contributed by atoms with Crippen LogP contribution in [0, 0.1) is 5.92 Å². The minimum atomic E-state index is -5.08. The summed E-state index contributed by atoms with van der Waals surface area (Å²) in [6.07, 6.45) is -2.80. The molecule has 0 bridgehead atoms. The van der Waals surface area contributed by atoms with Gasteiger partial charge >= 0.3 is 12.1 Å². The van der Waals surface area contributed by atoms with Gasteiger partial charge in [-0.3, -0.25) is 9.78 Å². The highest BCUT2D eigenvalue weighted by Crippen LogP contribution is 2.44. The third-order valence-electron chi connectivity index (χ3n) is 5.34. The number of aromatic nitrogens is 1. The first kappa shape index (κ1) is 26.0. The number of pyridine rings is 1. The van der Waals surface area contributed by atoms with Crippen molar-refractivity contribution in [2.45, 2.75) is 30.9 Å². The molecule has 2 aliphatic rings. The van der Waals surface area contributed by atoms with Gasteiger partial charge in [-0.15, -0.1) is 0 Å². The zero-order valence-electron chi connectivity index (χ0n) is 17.4. The van der Waals surface area contributed by atoms with E-state index >= 15 is 0 Å². The van der Waals surface area contributed by atoms with Crippen molar-refractivity contribution in [3.8, 4) is 0 Å². The van der Waals surface area contributed by atoms with Crippen LogP contribution >= 0.6 is 0 Å². The molecular formula is C19H25F3N2O7S. The van der Waals surface area contributed by atoms with Gasteiger partial charge in [0.1, 0.15) is 11.4 Å². The molecule has 180 valence electrons. The van der Waals surface area contributed by atoms with Crippen molar-refractivity contribution in [3.63, 3.8) is 0 Å². The first-order chi connectivity index (χ1) is 14.9. The number of carbonyl (C=O) groups excluding carboxylic acids is 1. The molecule has 0 aliphatic carbocycles. The number of sulfone groups is 1. The van der Waals surface area contributed by atoms with E-state index in [0.29, 0.717) is 26.2 Å². The lowest BCUT2D eigenvalue weighted by Gasteiger charge is -2.49. The van der Waals surface area contributed by atoms with Gasteiger partial charge in [0.2, 0.25) is 5.91 Å². The predicted molar refractivity (Wildman–Crippen MR) is 105 cm³/mol. The van der Waals surface area contributed by atoms with E-state index in [4.69, 9.17) is 19.4 Å². The number of carboxylic acid groups (broad SMARTS) is 1. The van der Waals surface area contributed by atoms with Gasteiger partial charge < -0.3 is 19.5 Å². The van der Waals surface area contributed by atoms with Crippen molar-refractivity contribution in [1.82, 2.24) is 9.88 Å². The Morgan fingerprint density at radius 3 is 2.47 bits per heavy atom. The van der Waals surface area contributed by atoms with Gasteiger partial charge in [-0.1, -0.05) is 6.07 Å². The van der Waals surface area contributed by atoms with Crippen molar-refractivity contribution in [2.75, 3.05) is 38.7 Å². The molecule has 1 amide bonds. The van der Waals surface area contributed by atoms with E-state index in [0.717, 1.165) is 5.69 Å². The number of nitrogens with zero attached hydrogens (tertiary/aromatic N) is 2. The smallest absolute Gasteiger partial charge is 0.475 e. The van der Waals surface area contributed by atoms with E-state index in [2.05, 4.69) is 4.98 Å². The normalized spacial score (nSPS) is 20.9. The molecule has 13 heteroatoms. The Kier molecular flexibility index (Phi) is 8.60. The van der Waals surface area contributed by atoms with E-state index in [9.17, 15) is 26.4 Å². The molecule has 1 unspecified atom stereocenters. The zero-order valence-corrected chi connectivity index (χ0v) is 18.2. The third-order valence-corrected chi connectivity index (χ3v) is 7.94. The molecule has 0 aromatic carbocycles. The van der Waals surface area contributed by atoms with Crippen LogP contribution in [0.5, 0.6) is 0 Å². The molecule has 1 atom stereocenters. The Bertz CT molecular complexity index is 888. The summed E-state index contributed by atoms with van der Waals surface area (Å²) in [5.74, 6) is -2.83. The summed E-state index contributed by atoms with van der Waals surface area (Å²) >= 11 is 0. The van der Waals surface area contributed by atoms with E-state index in [1.165, 1.54) is 0 Å². The fourth-order valence-corrected chi connectivity index (χ4v) is 5.95. The number of aliphatic carboxylic acids is 1. The number of hydrogen-bond acceptors (Lipinski definition) is 7. The molecule has 0 saturated carbocycles. The molecule has 1 aromatic rings. The number of alkyl halides is 3. The molecule has 2 saturated heterocycles. The van der Waals surface area contributed by atoms with E-state index in [1.807, 2.05) is 25.1 Å². The highest BCUT2D eigenvalue weighted by molar-refractivity contribution is 7.93. The number of rotatable bonds is 7. The Morgan fingerprint density at radius 1 is 1.28 bits per heavy atom. The second-order valence-corrected chi connectivity index (χ2v) is 9.85. The maximum Gasteiger partial charge on any atom is 0.490 e. The van der Waals surface area contributed by atoms with Crippen LogP contribution in [0.2, 0.25) is 0 Å². The van der Waals surface area contributed by atoms with Crippen molar-refractivity contribution < 1.29 is 45.8 Å². The van der Waals surface area contributed by atoms with Gasteiger partial charge in [0.05, 0.1) is 24.7 Å². The van der Waals surface area contributed by atoms with Gasteiger partial charge in [-0.05, 0) is 25.5 Å². The molecule has 9 nitrogen and oxygen atoms in total. The topological polar surface area (TPSA) is 123 Å². The quantitative estimate of drug-likeness (QED) is 0.617. The summed E-state index contributed by atoms with van der Waals surface area (Å²) in [5, 5.41) is 7.12. The van der Waals surface area contributed by atoms with E-state index in [1.54, 1.807) is 11.1 Å². The van der Waals surface area contributed by atoms with Gasteiger partial charge in [-0.2, -0.15) is 13.2 Å². The molecule has 3 heterocycles. The van der Waals surface area contributed by atoms with Gasteiger partial charge in [0.15, 0.2) is 9.84 Å². The average molecular weight is 482 g/mol. The number of halogens is 3. The van der Waals surface area contributed by atoms with E-state index in [-0.39, 0.29) is 37.3 Å². The Morgan fingerprint density at radius 2 is 1.94 bits per heavy atom. The molecule has 1 N–H and O–H groups in total. The molecule has 3 rings (SSSR count). The summed E-state index contributed by atoms with van der Waals surface area (Å²) in [7, 11) is -3.21. The molecule has 0 radical (unpaired) electrons. The largest absolute Gasteiger partial charge is 0.490 e. The standard InChI is InChI=1S/C17H24N2O5S.C2HF3O2/c1-2-23-11-16(20)19-12-17(13-19)14(6-8-25(17,21)22)9-24-10-15-5-3-4-7-18-15;3-2(4,5)1(6)7/h3-5,7,14H,2,6,8-13H2,1H3;(H,6,7). The van der Waals surface area contributed by atoms with Crippen molar-refractivity contribution in [2.24, 2.45) is 5.92 Å². The SMILES string of the molecule is CCOCC(=O)N1CC2(C1)C(COCc1ccccn1)CCS2(=O)=O.O=C(O)C(F)(F)F. The third kappa shape index (κ3) is 6.17. The monoisotopic (exact) mass is 482 g/mol. The van der Waals surface area contributed by atoms with Crippen LogP contribution in [0.3, 0.4) is 0 Å². The lowest BCUT2D eigenvalue weighted by Crippen LogP contribution is -2.69. The Labute approximate surface area is 183 Å². The fraction of sp³-hybridized carbons (Fsp3) is 0.632. The van der Waals surface area contributed by atoms with Gasteiger partial charge in [0.25, 0.3) is 0 Å². The minimum absolute atomic E-state index is 0.00741. The summed E-state index contributed by atoms with van der Waals surface area (Å²) < 4.78 is 66.9. The lowest BCUT2D eigenvalue weighted by molar-refractivity contribution is -0.192. The van der Waals surface area contributed by atoms with Gasteiger partial charge in [-0.25, -0.2) is 13.2 Å². The molecule has 1 aromatic heterocycles. The average Bonchev–Trinajstić information content (AvgIpc) is 2.96. The Balaban J connectivity index is 0.000000451. The van der Waals surface area contributed by atoms with Crippen molar-refractivity contribution >= 4 is 21.7 Å². The maximum absolute atomic E-state index is 12.6. The van der Waals surface area contributed by atoms with E-state index < -0.39 is 26.7 Å². The summed E-state index contributed by atoms with van der Waals surface area (Å²) in [5.41, 5.74) is 0.819. The number of carboxylic acids is 1. The molecule has 32 heavy (non-hydrogen) atoms. The van der Waals surface area contributed by atoms with Crippen LogP contribution in [-0.4, -0.2) is 84.9 Å². The second kappa shape index (κ2) is 10.6. The van der Waals surface area contributed by atoms with Crippen LogP contribution in [0.1, 0.15) is 19.0 Å². The maximum atomic E-state index is 12.6. The van der Waals surface area contributed by atoms with Crippen LogP contribution in [0.15, 0.2) is 24.4 Å². The highest BCUT2D eigenvalue weighted by atomic mass is 32.2. The first-order valence-corrected chi connectivity index (χ1v) is 11.4. The van der Waals surface area contributed by atoms with Gasteiger partial charge in [0, 0.05) is 31.8 Å². The number of hydrogen-bond donors (Lipinski definition) is 1. The fourth-order valence-electron chi connectivity index (χ4n) is 3.55. The molecule has 2 fully saturated rings. The number of likely N-dealkylation sites (tertiary alicyclic amines) is 1. The zero-order chi connectivity index (χ0) is 24.0. The summed E-state index contributed by atoms with van der Waals surface area (Å²) in [6, 6.07) is 5.60. The van der Waals surface area contributed by atoms with Crippen LogP contribution in [0.25, 0.3) is 0 Å². The van der Waals surface area contributed by atoms with Crippen LogP contribution in [-0.2, 0) is 35.5 Å². The summed E-state index contributed by atoms with van der Waals surface area (Å²) in [6.45, 7) is 3.52. The number of ether oxygens (including phenoxy) is 2. The minimum Gasteiger partial charge on any atom is -0.475 e. The molecule has 2 aliphatic heterocycles. The molecule has 1 spiro atoms. The van der Waals surface area contributed by atoms with Crippen LogP contribution < -0.4 is 0 Å². The summed E-state index contributed by atoms with van der Waals surface area (Å²) in [4.78, 5) is 26.7. The number of amides is 1. The van der Waals surface area contributed by atoms with Crippen LogP contribution in [0.4, 0.5) is 13.2 Å². The Hall–Kier alpha value is -2.25. The van der Waals surface area contributed by atoms with Crippen molar-refractivity contribution in [3.05, 3.63) is 30.1 Å². The predicted octanol–water partition coefficient (Wildman–Crippen LogP) is 1.28. The lowest BCUT2D eigenvalue weighted by atomic mass is 9.83.